The van der Waals surface area contributed by atoms with Crippen LogP contribution in [0.5, 0.6) is 0 Å². The van der Waals surface area contributed by atoms with Crippen molar-refractivity contribution >= 4 is 21.9 Å². The molecule has 0 aromatic carbocycles. The molecule has 0 fully saturated rings. The number of ether oxygens (including phenoxy) is 2. The third-order valence-corrected chi connectivity index (χ3v) is 3.08. The maximum absolute atomic E-state index is 10.9. The van der Waals surface area contributed by atoms with Crippen molar-refractivity contribution in [3.05, 3.63) is 24.0 Å². The van der Waals surface area contributed by atoms with Gasteiger partial charge in [-0.25, -0.2) is 0 Å². The van der Waals surface area contributed by atoms with Gasteiger partial charge in [0.25, 0.3) is 0 Å². The summed E-state index contributed by atoms with van der Waals surface area (Å²) < 4.78 is 9.07. The Morgan fingerprint density at radius 1 is 1.64 bits per heavy atom. The van der Waals surface area contributed by atoms with Crippen molar-refractivity contribution in [1.82, 2.24) is 0 Å². The summed E-state index contributed by atoms with van der Waals surface area (Å²) in [6.07, 6.45) is 4.72. The van der Waals surface area contributed by atoms with E-state index in [1.54, 1.807) is 12.2 Å². The molecule has 1 aliphatic carbocycles. The highest BCUT2D eigenvalue weighted by molar-refractivity contribution is 9.10. The molecule has 0 radical (unpaired) electrons. The van der Waals surface area contributed by atoms with E-state index in [-0.39, 0.29) is 0 Å². The standard InChI is InChI=1S/C9H11BrO4/c1-13-6-3-4-7(8(11)12)9(10,5-6)14-2/h3-5,7H,1-2H3,(H,11,12). The molecular weight excluding hydrogens is 252 g/mol. The molecule has 2 atom stereocenters. The number of alkyl halides is 1. The highest BCUT2D eigenvalue weighted by atomic mass is 79.9. The van der Waals surface area contributed by atoms with Crippen molar-refractivity contribution in [3.8, 4) is 0 Å². The summed E-state index contributed by atoms with van der Waals surface area (Å²) in [4.78, 5) is 10.9. The van der Waals surface area contributed by atoms with Crippen molar-refractivity contribution in [2.75, 3.05) is 14.2 Å². The summed E-state index contributed by atoms with van der Waals surface area (Å²) >= 11 is 3.23. The fraction of sp³-hybridized carbons (Fsp3) is 0.444. The molecule has 14 heavy (non-hydrogen) atoms. The highest BCUT2D eigenvalue weighted by Crippen LogP contribution is 2.36. The molecule has 1 aliphatic rings. The van der Waals surface area contributed by atoms with Crippen LogP contribution in [0.3, 0.4) is 0 Å². The van der Waals surface area contributed by atoms with E-state index in [1.807, 2.05) is 0 Å². The predicted octanol–water partition coefficient (Wildman–Crippen LogP) is 1.52. The third-order valence-electron chi connectivity index (χ3n) is 2.03. The minimum atomic E-state index is -1.03. The van der Waals surface area contributed by atoms with Gasteiger partial charge < -0.3 is 14.6 Å². The normalized spacial score (nSPS) is 31.1. The Kier molecular flexibility index (Phi) is 3.34. The van der Waals surface area contributed by atoms with Gasteiger partial charge in [-0.1, -0.05) is 6.08 Å². The average Bonchev–Trinajstić information content (AvgIpc) is 2.17. The summed E-state index contributed by atoms with van der Waals surface area (Å²) in [6.45, 7) is 0. The Balaban J connectivity index is 3.01. The second kappa shape index (κ2) is 4.14. The monoisotopic (exact) mass is 262 g/mol. The number of rotatable bonds is 3. The zero-order valence-corrected chi connectivity index (χ0v) is 9.45. The number of methoxy groups -OCH3 is 2. The predicted molar refractivity (Wildman–Crippen MR) is 54.0 cm³/mol. The quantitative estimate of drug-likeness (QED) is 0.784. The molecular formula is C9H11BrO4. The number of allylic oxidation sites excluding steroid dienone is 1. The number of carbonyl (C=O) groups is 1. The molecule has 2 unspecified atom stereocenters. The molecule has 1 N–H and O–H groups in total. The molecule has 0 heterocycles. The van der Waals surface area contributed by atoms with Crippen molar-refractivity contribution in [2.24, 2.45) is 5.92 Å². The van der Waals surface area contributed by atoms with E-state index in [9.17, 15) is 4.79 Å². The van der Waals surface area contributed by atoms with Crippen molar-refractivity contribution in [3.63, 3.8) is 0 Å². The van der Waals surface area contributed by atoms with Gasteiger partial charge in [0.1, 0.15) is 11.7 Å². The number of carboxylic acid groups (broad SMARTS) is 1. The molecule has 78 valence electrons. The Morgan fingerprint density at radius 3 is 2.71 bits per heavy atom. The molecule has 1 rings (SSSR count). The van der Waals surface area contributed by atoms with E-state index in [1.165, 1.54) is 20.3 Å². The van der Waals surface area contributed by atoms with Gasteiger partial charge >= 0.3 is 5.97 Å². The lowest BCUT2D eigenvalue weighted by Gasteiger charge is -2.30. The Hall–Kier alpha value is -0.810. The highest BCUT2D eigenvalue weighted by Gasteiger charge is 2.40. The van der Waals surface area contributed by atoms with Crippen LogP contribution in [0.2, 0.25) is 0 Å². The first-order valence-electron chi connectivity index (χ1n) is 3.95. The number of hydrogen-bond acceptors (Lipinski definition) is 3. The minimum Gasteiger partial charge on any atom is -0.497 e. The smallest absolute Gasteiger partial charge is 0.314 e. The van der Waals surface area contributed by atoms with Crippen LogP contribution in [0, 0.1) is 5.92 Å². The molecule has 0 saturated carbocycles. The fourth-order valence-corrected chi connectivity index (χ4v) is 1.79. The second-order valence-corrected chi connectivity index (χ2v) is 4.07. The lowest BCUT2D eigenvalue weighted by atomic mass is 9.97. The first kappa shape index (κ1) is 11.3. The van der Waals surface area contributed by atoms with Crippen LogP contribution in [0.4, 0.5) is 0 Å². The van der Waals surface area contributed by atoms with Gasteiger partial charge in [0.15, 0.2) is 4.51 Å². The van der Waals surface area contributed by atoms with Gasteiger partial charge in [-0.15, -0.1) is 0 Å². The van der Waals surface area contributed by atoms with E-state index in [0.29, 0.717) is 5.76 Å². The molecule has 0 spiro atoms. The fourth-order valence-electron chi connectivity index (χ4n) is 1.22. The molecule has 0 aromatic rings. The largest absolute Gasteiger partial charge is 0.497 e. The lowest BCUT2D eigenvalue weighted by Crippen LogP contribution is -2.37. The van der Waals surface area contributed by atoms with Crippen LogP contribution < -0.4 is 0 Å². The molecule has 0 amide bonds. The van der Waals surface area contributed by atoms with Crippen LogP contribution in [0.15, 0.2) is 24.0 Å². The third kappa shape index (κ3) is 1.99. The Bertz CT molecular complexity index is 297. The van der Waals surface area contributed by atoms with Crippen LogP contribution in [-0.2, 0) is 14.3 Å². The zero-order valence-electron chi connectivity index (χ0n) is 7.86. The van der Waals surface area contributed by atoms with Crippen LogP contribution in [0.1, 0.15) is 0 Å². The van der Waals surface area contributed by atoms with Gasteiger partial charge in [-0.2, -0.15) is 0 Å². The lowest BCUT2D eigenvalue weighted by molar-refractivity contribution is -0.143. The van der Waals surface area contributed by atoms with E-state index in [0.717, 1.165) is 0 Å². The number of halogens is 1. The van der Waals surface area contributed by atoms with E-state index >= 15 is 0 Å². The van der Waals surface area contributed by atoms with Gasteiger partial charge in [0.05, 0.1) is 7.11 Å². The molecule has 0 aliphatic heterocycles. The second-order valence-electron chi connectivity index (χ2n) is 2.83. The Labute approximate surface area is 90.3 Å². The number of hydrogen-bond donors (Lipinski definition) is 1. The van der Waals surface area contributed by atoms with Crippen molar-refractivity contribution < 1.29 is 19.4 Å². The molecule has 0 bridgehead atoms. The van der Waals surface area contributed by atoms with Crippen LogP contribution in [0.25, 0.3) is 0 Å². The van der Waals surface area contributed by atoms with Gasteiger partial charge in [-0.3, -0.25) is 4.79 Å². The Morgan fingerprint density at radius 2 is 2.29 bits per heavy atom. The SMILES string of the molecule is COC1=CC(Br)(OC)C(C(=O)O)C=C1. The summed E-state index contributed by atoms with van der Waals surface area (Å²) in [5.41, 5.74) is 0. The van der Waals surface area contributed by atoms with Gasteiger partial charge in [-0.05, 0) is 22.0 Å². The van der Waals surface area contributed by atoms with Gasteiger partial charge in [0, 0.05) is 13.2 Å². The minimum absolute atomic E-state index is 0.571. The first-order valence-corrected chi connectivity index (χ1v) is 4.74. The number of aliphatic carboxylic acids is 1. The molecule has 4 nitrogen and oxygen atoms in total. The number of carboxylic acids is 1. The first-order chi connectivity index (χ1) is 6.53. The molecule has 5 heteroatoms. The van der Waals surface area contributed by atoms with Crippen molar-refractivity contribution in [2.45, 2.75) is 4.51 Å². The maximum atomic E-state index is 10.9. The average molecular weight is 263 g/mol. The summed E-state index contributed by atoms with van der Waals surface area (Å²) in [7, 11) is 2.95. The summed E-state index contributed by atoms with van der Waals surface area (Å²) in [6, 6.07) is 0. The summed E-state index contributed by atoms with van der Waals surface area (Å²) in [5.74, 6) is -1.14. The van der Waals surface area contributed by atoms with Crippen LogP contribution in [-0.4, -0.2) is 29.8 Å². The van der Waals surface area contributed by atoms with Crippen molar-refractivity contribution in [1.29, 1.82) is 0 Å². The summed E-state index contributed by atoms with van der Waals surface area (Å²) in [5, 5.41) is 8.93. The van der Waals surface area contributed by atoms with E-state index in [4.69, 9.17) is 14.6 Å². The molecule has 0 aromatic heterocycles. The molecule has 0 saturated heterocycles. The van der Waals surface area contributed by atoms with E-state index in [2.05, 4.69) is 15.9 Å². The maximum Gasteiger partial charge on any atom is 0.314 e. The topological polar surface area (TPSA) is 55.8 Å². The van der Waals surface area contributed by atoms with Gasteiger partial charge in [0.2, 0.25) is 0 Å². The zero-order chi connectivity index (χ0) is 10.8. The van der Waals surface area contributed by atoms with E-state index < -0.39 is 16.4 Å². The van der Waals surface area contributed by atoms with Crippen LogP contribution >= 0.6 is 15.9 Å².